The van der Waals surface area contributed by atoms with E-state index in [0.717, 1.165) is 46.1 Å². The lowest BCUT2D eigenvalue weighted by Crippen LogP contribution is -2.28. The van der Waals surface area contributed by atoms with Gasteiger partial charge in [-0.2, -0.15) is 0 Å². The van der Waals surface area contributed by atoms with Gasteiger partial charge < -0.3 is 9.80 Å². The van der Waals surface area contributed by atoms with Gasteiger partial charge in [0.05, 0.1) is 22.2 Å². The Morgan fingerprint density at radius 2 is 0.719 bits per heavy atom. The normalized spacial score (nSPS) is 14.7. The summed E-state index contributed by atoms with van der Waals surface area (Å²) < 4.78 is 0. The van der Waals surface area contributed by atoms with E-state index in [1.807, 2.05) is 6.08 Å². The number of hydrogen-bond acceptors (Lipinski definition) is 2. The highest BCUT2D eigenvalue weighted by Gasteiger charge is 2.47. The van der Waals surface area contributed by atoms with E-state index >= 15 is 0 Å². The molecule has 430 valence electrons. The van der Waals surface area contributed by atoms with Gasteiger partial charge >= 0.3 is 0 Å². The van der Waals surface area contributed by atoms with Crippen LogP contribution in [-0.4, -0.2) is 0 Å². The van der Waals surface area contributed by atoms with E-state index in [4.69, 9.17) is 0 Å². The molecule has 0 spiro atoms. The minimum Gasteiger partial charge on any atom is -0.310 e. The second kappa shape index (κ2) is 21.5. The van der Waals surface area contributed by atoms with Crippen molar-refractivity contribution in [1.82, 2.24) is 0 Å². The molecular weight excluding hydrogens is 1070 g/mol. The summed E-state index contributed by atoms with van der Waals surface area (Å²) in [5.74, 6) is 0. The van der Waals surface area contributed by atoms with Gasteiger partial charge in [0, 0.05) is 33.7 Å². The second-order valence-electron chi connectivity index (χ2n) is 26.4. The molecule has 0 atom stereocenters. The Kier molecular flexibility index (Phi) is 13.4. The lowest BCUT2D eigenvalue weighted by Gasteiger charge is -2.36. The Morgan fingerprint density at radius 3 is 1.12 bits per heavy atom. The lowest BCUT2D eigenvalue weighted by molar-refractivity contribution is 0.590. The Balaban J connectivity index is 0.881. The molecular formula is C87H72N2. The first-order valence-corrected chi connectivity index (χ1v) is 31.5. The van der Waals surface area contributed by atoms with Crippen LogP contribution in [0.5, 0.6) is 0 Å². The number of hydrogen-bond donors (Lipinski definition) is 0. The molecule has 0 radical (unpaired) electrons. The average Bonchev–Trinajstić information content (AvgIpc) is 1.59. The number of fused-ring (bicyclic) bond motifs is 9. The van der Waals surface area contributed by atoms with Gasteiger partial charge in [0.15, 0.2) is 0 Å². The number of benzene rings is 12. The van der Waals surface area contributed by atoms with Gasteiger partial charge in [0.25, 0.3) is 0 Å². The van der Waals surface area contributed by atoms with Gasteiger partial charge in [-0.3, -0.25) is 0 Å². The van der Waals surface area contributed by atoms with Gasteiger partial charge in [0.1, 0.15) is 0 Å². The predicted molar refractivity (Wildman–Crippen MR) is 376 cm³/mol. The van der Waals surface area contributed by atoms with Crippen molar-refractivity contribution in [2.75, 3.05) is 9.80 Å². The molecule has 3 aliphatic rings. The van der Waals surface area contributed by atoms with Crippen LogP contribution in [-0.2, 0) is 28.1 Å². The third kappa shape index (κ3) is 8.82. The molecule has 0 aliphatic heterocycles. The van der Waals surface area contributed by atoms with E-state index in [-0.39, 0.29) is 10.8 Å². The van der Waals surface area contributed by atoms with Crippen molar-refractivity contribution in [2.45, 2.75) is 69.6 Å². The van der Waals surface area contributed by atoms with Gasteiger partial charge in [-0.1, -0.05) is 297 Å². The molecule has 12 aromatic rings. The third-order valence-corrected chi connectivity index (χ3v) is 19.4. The van der Waals surface area contributed by atoms with Crippen LogP contribution in [0.4, 0.5) is 28.4 Å². The largest absolute Gasteiger partial charge is 0.310 e. The molecule has 89 heavy (non-hydrogen) atoms. The molecule has 12 aromatic carbocycles. The van der Waals surface area contributed by atoms with E-state index in [2.05, 4.69) is 355 Å². The second-order valence-corrected chi connectivity index (χ2v) is 26.4. The van der Waals surface area contributed by atoms with Gasteiger partial charge in [-0.05, 0) is 166 Å². The summed E-state index contributed by atoms with van der Waals surface area (Å²) in [5.41, 5.74) is 27.1. The van der Waals surface area contributed by atoms with Gasteiger partial charge in [-0.15, -0.1) is 0 Å². The van der Waals surface area contributed by atoms with E-state index in [0.29, 0.717) is 0 Å². The van der Waals surface area contributed by atoms with Crippen LogP contribution in [0, 0.1) is 0 Å². The Labute approximate surface area is 525 Å². The maximum atomic E-state index is 4.42. The number of allylic oxidation sites excluding steroid dienone is 4. The Hall–Kier alpha value is -10.3. The first-order valence-electron chi connectivity index (χ1n) is 31.5. The van der Waals surface area contributed by atoms with Gasteiger partial charge in [-0.25, -0.2) is 0 Å². The molecule has 0 saturated heterocycles. The molecule has 0 unspecified atom stereocenters. The summed E-state index contributed by atoms with van der Waals surface area (Å²) in [4.78, 5) is 4.96. The molecule has 2 heteroatoms. The van der Waals surface area contributed by atoms with Crippen molar-refractivity contribution < 1.29 is 0 Å². The SMILES string of the molecule is C=C/C=C1/C(N(c2ccc(C(C)(C)C)cc2)c2ccc(C3(c4ccccc4)c4ccccc4-c4ccccc43)cc2)=CCc2ccc3c(N(c4ccc(C(C)(C)C)cc4)c4ccc(C5(c6ccccc6)c6ccccc6-c6ccccc65)cc4)cccc3c21. The number of anilines is 5. The summed E-state index contributed by atoms with van der Waals surface area (Å²) in [6.07, 6.45) is 7.40. The highest BCUT2D eigenvalue weighted by atomic mass is 15.2. The number of nitrogens with zero attached hydrogens (tertiary/aromatic N) is 2. The molecule has 3 aliphatic carbocycles. The van der Waals surface area contributed by atoms with E-state index in [9.17, 15) is 0 Å². The summed E-state index contributed by atoms with van der Waals surface area (Å²) in [6, 6.07) is 107. The maximum Gasteiger partial charge on any atom is 0.0713 e. The zero-order valence-corrected chi connectivity index (χ0v) is 51.7. The van der Waals surface area contributed by atoms with E-state index in [1.54, 1.807) is 0 Å². The fraction of sp³-hybridized carbons (Fsp3) is 0.126. The summed E-state index contributed by atoms with van der Waals surface area (Å²) in [7, 11) is 0. The quantitative estimate of drug-likeness (QED) is 0.127. The van der Waals surface area contributed by atoms with Crippen LogP contribution < -0.4 is 9.80 Å². The van der Waals surface area contributed by atoms with Crippen LogP contribution in [0.1, 0.15) is 108 Å². The molecule has 0 saturated carbocycles. The van der Waals surface area contributed by atoms with Crippen molar-refractivity contribution in [2.24, 2.45) is 0 Å². The van der Waals surface area contributed by atoms with Crippen molar-refractivity contribution in [3.8, 4) is 22.3 Å². The summed E-state index contributed by atoms with van der Waals surface area (Å²) in [6.45, 7) is 18.2. The molecule has 0 N–H and O–H groups in total. The molecule has 2 nitrogen and oxygen atoms in total. The zero-order valence-electron chi connectivity index (χ0n) is 51.7. The number of rotatable bonds is 11. The van der Waals surface area contributed by atoms with Crippen LogP contribution >= 0.6 is 0 Å². The molecule has 0 amide bonds. The minimum absolute atomic E-state index is 0.00838. The first kappa shape index (κ1) is 55.3. The molecule has 0 aromatic heterocycles. The Morgan fingerprint density at radius 1 is 0.348 bits per heavy atom. The van der Waals surface area contributed by atoms with Crippen molar-refractivity contribution in [3.05, 3.63) is 382 Å². The van der Waals surface area contributed by atoms with E-state index in [1.165, 1.54) is 99.8 Å². The molecule has 0 fully saturated rings. The van der Waals surface area contributed by atoms with Crippen molar-refractivity contribution in [1.29, 1.82) is 0 Å². The molecule has 15 rings (SSSR count). The van der Waals surface area contributed by atoms with Crippen molar-refractivity contribution in [3.63, 3.8) is 0 Å². The first-order chi connectivity index (χ1) is 43.4. The predicted octanol–water partition coefficient (Wildman–Crippen LogP) is 22.5. The zero-order chi connectivity index (χ0) is 60.7. The fourth-order valence-corrected chi connectivity index (χ4v) is 15.2. The Bertz CT molecular complexity index is 4650. The lowest BCUT2D eigenvalue weighted by atomic mass is 9.67. The van der Waals surface area contributed by atoms with E-state index < -0.39 is 10.8 Å². The highest BCUT2D eigenvalue weighted by Crippen LogP contribution is 2.59. The van der Waals surface area contributed by atoms with Crippen molar-refractivity contribution >= 4 is 44.8 Å². The van der Waals surface area contributed by atoms with Crippen LogP contribution in [0.15, 0.2) is 316 Å². The maximum absolute atomic E-state index is 4.42. The standard InChI is InChI=1S/C87H72N2/c1-8-24-76-82(89(67-51-43-61(44-52-67)85(5,6)7)69-55-47-65(48-56-69)87(63-27-13-10-14-28-63)79-36-21-17-31-72(79)73-32-18-22-37-80(73)87)58-40-59-39-57-74-75(83(59)76)33-23-38-81(74)88(66-49-41-60(42-50-66)84(2,3)4)68-53-45-64(46-54-68)86(62-25-11-9-12-26-62)77-34-19-15-29-70(77)71-30-16-20-35-78(71)86/h8-39,41-58H,1,40H2,2-7H3/b76-24-. The third-order valence-electron chi connectivity index (χ3n) is 19.4. The topological polar surface area (TPSA) is 6.48 Å². The van der Waals surface area contributed by atoms with Crippen LogP contribution in [0.3, 0.4) is 0 Å². The minimum atomic E-state index is -0.511. The van der Waals surface area contributed by atoms with Crippen LogP contribution in [0.25, 0.3) is 38.6 Å². The molecule has 0 heterocycles. The molecule has 0 bridgehead atoms. The highest BCUT2D eigenvalue weighted by molar-refractivity contribution is 6.08. The van der Waals surface area contributed by atoms with Gasteiger partial charge in [0.2, 0.25) is 0 Å². The van der Waals surface area contributed by atoms with Crippen LogP contribution in [0.2, 0.25) is 0 Å². The summed E-state index contributed by atoms with van der Waals surface area (Å²) in [5, 5.41) is 2.36. The monoisotopic (exact) mass is 1140 g/mol. The summed E-state index contributed by atoms with van der Waals surface area (Å²) >= 11 is 0. The average molecular weight is 1150 g/mol. The fourth-order valence-electron chi connectivity index (χ4n) is 15.2. The smallest absolute Gasteiger partial charge is 0.0713 e.